The molecule has 2 aromatic carbocycles. The minimum absolute atomic E-state index is 0.219. The largest absolute Gasteiger partial charge is 0.303 e. The van der Waals surface area contributed by atoms with Gasteiger partial charge >= 0.3 is 0 Å². The minimum atomic E-state index is -1.18. The van der Waals surface area contributed by atoms with Crippen LogP contribution < -0.4 is 4.90 Å². The smallest absolute Gasteiger partial charge is 0.256 e. The number of rotatable bonds is 5. The number of anilines is 1. The van der Waals surface area contributed by atoms with Gasteiger partial charge in [-0.3, -0.25) is 19.9 Å². The summed E-state index contributed by atoms with van der Waals surface area (Å²) in [5.74, 6) is -4.62. The Morgan fingerprint density at radius 2 is 1.85 bits per heavy atom. The zero-order valence-corrected chi connectivity index (χ0v) is 14.0. The number of amidine groups is 1. The van der Waals surface area contributed by atoms with E-state index in [1.165, 1.54) is 6.08 Å². The molecule has 7 heteroatoms. The fourth-order valence-electron chi connectivity index (χ4n) is 2.81. The summed E-state index contributed by atoms with van der Waals surface area (Å²) in [4.78, 5) is 36.5. The molecular weight excluding hydrogens is 354 g/mol. The first-order valence-electron chi connectivity index (χ1n) is 8.05. The molecule has 1 heterocycles. The first-order valence-corrected chi connectivity index (χ1v) is 8.05. The van der Waals surface area contributed by atoms with E-state index in [4.69, 9.17) is 5.41 Å². The van der Waals surface area contributed by atoms with E-state index < -0.39 is 29.2 Å². The lowest BCUT2D eigenvalue weighted by Crippen LogP contribution is -2.44. The van der Waals surface area contributed by atoms with Crippen molar-refractivity contribution in [1.82, 2.24) is 0 Å². The van der Waals surface area contributed by atoms with Crippen molar-refractivity contribution in [2.75, 3.05) is 4.90 Å². The Hall–Kier alpha value is -3.48. The van der Waals surface area contributed by atoms with Gasteiger partial charge in [-0.25, -0.2) is 8.78 Å². The predicted octanol–water partition coefficient (Wildman–Crippen LogP) is 3.09. The summed E-state index contributed by atoms with van der Waals surface area (Å²) >= 11 is 0. The molecule has 1 amide bonds. The van der Waals surface area contributed by atoms with E-state index in [-0.39, 0.29) is 17.8 Å². The van der Waals surface area contributed by atoms with Gasteiger partial charge in [0.1, 0.15) is 23.8 Å². The number of amides is 1. The van der Waals surface area contributed by atoms with Crippen LogP contribution in [0.4, 0.5) is 14.5 Å². The molecule has 0 fully saturated rings. The van der Waals surface area contributed by atoms with Gasteiger partial charge in [-0.2, -0.15) is 0 Å². The second-order valence-corrected chi connectivity index (χ2v) is 5.92. The van der Waals surface area contributed by atoms with Crippen LogP contribution in [0.1, 0.15) is 15.9 Å². The molecule has 0 bridgehead atoms. The summed E-state index contributed by atoms with van der Waals surface area (Å²) in [6.45, 7) is 0. The third-order valence-corrected chi connectivity index (χ3v) is 4.18. The highest BCUT2D eigenvalue weighted by molar-refractivity contribution is 6.29. The Morgan fingerprint density at radius 1 is 1.15 bits per heavy atom. The molecule has 1 aliphatic rings. The molecule has 1 unspecified atom stereocenters. The highest BCUT2D eigenvalue weighted by Gasteiger charge is 2.34. The molecule has 1 aliphatic heterocycles. The Balaban J connectivity index is 1.92. The lowest BCUT2D eigenvalue weighted by atomic mass is 9.92. The molecule has 0 saturated carbocycles. The molecule has 0 spiro atoms. The van der Waals surface area contributed by atoms with Crippen LogP contribution in [-0.2, 0) is 16.0 Å². The normalized spacial score (nSPS) is 16.5. The summed E-state index contributed by atoms with van der Waals surface area (Å²) in [5.41, 5.74) is 0.731. The number of carbonyl (C=O) groups is 3. The molecular formula is C20H14F2N2O3. The fourth-order valence-corrected chi connectivity index (χ4v) is 2.81. The average molecular weight is 368 g/mol. The lowest BCUT2D eigenvalue weighted by Gasteiger charge is -2.29. The van der Waals surface area contributed by atoms with Crippen LogP contribution in [0.5, 0.6) is 0 Å². The molecule has 27 heavy (non-hydrogen) atoms. The topological polar surface area (TPSA) is 78.3 Å². The Labute approximate surface area is 153 Å². The van der Waals surface area contributed by atoms with Crippen molar-refractivity contribution in [3.8, 4) is 0 Å². The van der Waals surface area contributed by atoms with Gasteiger partial charge in [0.15, 0.2) is 5.78 Å². The van der Waals surface area contributed by atoms with Crippen LogP contribution in [0.3, 0.4) is 0 Å². The number of benzene rings is 2. The predicted molar refractivity (Wildman–Crippen MR) is 94.7 cm³/mol. The van der Waals surface area contributed by atoms with Crippen LogP contribution in [0.15, 0.2) is 54.6 Å². The van der Waals surface area contributed by atoms with E-state index in [0.29, 0.717) is 11.8 Å². The van der Waals surface area contributed by atoms with Gasteiger partial charge in [-0.15, -0.1) is 0 Å². The number of carbonyl (C=O) groups excluding carboxylic acids is 3. The third-order valence-electron chi connectivity index (χ3n) is 4.18. The number of Topliss-reactive ketones (excluding diaryl/α,β-unsaturated/α-hetero) is 1. The van der Waals surface area contributed by atoms with Gasteiger partial charge in [0, 0.05) is 18.6 Å². The number of nitrogens with zero attached hydrogens (tertiary/aromatic N) is 1. The summed E-state index contributed by atoms with van der Waals surface area (Å²) in [5, 5.41) is 8.28. The number of hydrogen-bond acceptors (Lipinski definition) is 4. The zero-order chi connectivity index (χ0) is 19.6. The van der Waals surface area contributed by atoms with Crippen LogP contribution >= 0.6 is 0 Å². The van der Waals surface area contributed by atoms with Crippen molar-refractivity contribution in [2.24, 2.45) is 5.92 Å². The summed E-state index contributed by atoms with van der Waals surface area (Å²) < 4.78 is 27.0. The minimum Gasteiger partial charge on any atom is -0.303 e. The van der Waals surface area contributed by atoms with E-state index in [1.807, 2.05) is 0 Å². The maximum atomic E-state index is 13.9. The Morgan fingerprint density at radius 3 is 2.48 bits per heavy atom. The molecule has 1 atom stereocenters. The van der Waals surface area contributed by atoms with Gasteiger partial charge in [0.2, 0.25) is 0 Å². The molecule has 0 radical (unpaired) electrons. The van der Waals surface area contributed by atoms with E-state index in [9.17, 15) is 23.2 Å². The number of hydrogen-bond donors (Lipinski definition) is 1. The fraction of sp³-hybridized carbons (Fsp3) is 0.100. The average Bonchev–Trinajstić information content (AvgIpc) is 2.63. The van der Waals surface area contributed by atoms with Gasteiger partial charge in [-0.1, -0.05) is 18.2 Å². The number of aldehydes is 1. The molecule has 0 saturated heterocycles. The van der Waals surface area contributed by atoms with Gasteiger partial charge in [-0.05, 0) is 29.8 Å². The van der Waals surface area contributed by atoms with Crippen LogP contribution in [-0.4, -0.2) is 23.8 Å². The van der Waals surface area contributed by atoms with E-state index >= 15 is 0 Å². The van der Waals surface area contributed by atoms with E-state index in [0.717, 1.165) is 35.0 Å². The first kappa shape index (κ1) is 18.3. The molecule has 2 aromatic rings. The van der Waals surface area contributed by atoms with Crippen molar-refractivity contribution in [3.05, 3.63) is 77.4 Å². The molecule has 3 rings (SSSR count). The second-order valence-electron chi connectivity index (χ2n) is 5.92. The molecule has 0 aromatic heterocycles. The van der Waals surface area contributed by atoms with Gasteiger partial charge < -0.3 is 4.79 Å². The molecule has 5 nitrogen and oxygen atoms in total. The van der Waals surface area contributed by atoms with Crippen molar-refractivity contribution in [2.45, 2.75) is 6.42 Å². The second kappa shape index (κ2) is 7.41. The number of ketones is 1. The lowest BCUT2D eigenvalue weighted by molar-refractivity contribution is -0.113. The monoisotopic (exact) mass is 368 g/mol. The quantitative estimate of drug-likeness (QED) is 0.651. The first-order chi connectivity index (χ1) is 12.9. The van der Waals surface area contributed by atoms with Crippen LogP contribution in [0.2, 0.25) is 0 Å². The summed E-state index contributed by atoms with van der Waals surface area (Å²) in [7, 11) is 0. The standard InChI is InChI=1S/C20H14F2N2O3/c21-13-3-6-15(17(22)11-13)19(27)16-7-8-18(26)24(20(16)23)14-4-1-12(2-5-14)9-10-25/h1-8,10-11,16,23H,9H2. The number of nitrogens with one attached hydrogen (secondary N) is 1. The Kier molecular flexibility index (Phi) is 5.03. The van der Waals surface area contributed by atoms with Gasteiger partial charge in [0.05, 0.1) is 17.2 Å². The van der Waals surface area contributed by atoms with Crippen molar-refractivity contribution < 1.29 is 23.2 Å². The van der Waals surface area contributed by atoms with Crippen molar-refractivity contribution >= 4 is 29.5 Å². The van der Waals surface area contributed by atoms with E-state index in [2.05, 4.69) is 0 Å². The van der Waals surface area contributed by atoms with Gasteiger partial charge in [0.25, 0.3) is 5.91 Å². The zero-order valence-electron chi connectivity index (χ0n) is 14.0. The third kappa shape index (κ3) is 3.57. The SMILES string of the molecule is N=C1C(C(=O)c2ccc(F)cc2F)C=CC(=O)N1c1ccc(CC=O)cc1. The molecule has 136 valence electrons. The highest BCUT2D eigenvalue weighted by Crippen LogP contribution is 2.25. The highest BCUT2D eigenvalue weighted by atomic mass is 19.1. The maximum Gasteiger partial charge on any atom is 0.256 e. The summed E-state index contributed by atoms with van der Waals surface area (Å²) in [6, 6.07) is 8.97. The van der Waals surface area contributed by atoms with Crippen LogP contribution in [0, 0.1) is 23.0 Å². The van der Waals surface area contributed by atoms with Crippen molar-refractivity contribution in [3.63, 3.8) is 0 Å². The van der Waals surface area contributed by atoms with Crippen LogP contribution in [0.25, 0.3) is 0 Å². The maximum absolute atomic E-state index is 13.9. The summed E-state index contributed by atoms with van der Waals surface area (Å²) in [6.07, 6.45) is 3.34. The van der Waals surface area contributed by atoms with E-state index in [1.54, 1.807) is 24.3 Å². The molecule has 0 aliphatic carbocycles. The number of halogens is 2. The van der Waals surface area contributed by atoms with Crippen molar-refractivity contribution in [1.29, 1.82) is 5.41 Å². The Bertz CT molecular complexity index is 968. The molecule has 1 N–H and O–H groups in total.